The summed E-state index contributed by atoms with van der Waals surface area (Å²) in [7, 11) is 3.20. The molecule has 0 unspecified atom stereocenters. The third-order valence-electron chi connectivity index (χ3n) is 2.37. The number of methoxy groups -OCH3 is 1. The number of nitrogens with two attached hydrogens (primary N) is 1. The van der Waals surface area contributed by atoms with E-state index in [1.54, 1.807) is 14.2 Å². The average Bonchev–Trinajstić information content (AvgIpc) is 2.65. The van der Waals surface area contributed by atoms with E-state index in [-0.39, 0.29) is 5.91 Å². The molecule has 0 spiro atoms. The van der Waals surface area contributed by atoms with Gasteiger partial charge in [-0.1, -0.05) is 0 Å². The second-order valence-electron chi connectivity index (χ2n) is 3.29. The van der Waals surface area contributed by atoms with Gasteiger partial charge in [-0.3, -0.25) is 4.79 Å². The van der Waals surface area contributed by atoms with Gasteiger partial charge in [0.25, 0.3) is 5.91 Å². The van der Waals surface area contributed by atoms with Gasteiger partial charge in [-0.2, -0.15) is 0 Å². The van der Waals surface area contributed by atoms with Crippen LogP contribution in [-0.4, -0.2) is 20.1 Å². The number of rotatable bonds is 2. The largest absolute Gasteiger partial charge is 0.497 e. The number of thiophene rings is 1. The van der Waals surface area contributed by atoms with Gasteiger partial charge in [0.2, 0.25) is 0 Å². The van der Waals surface area contributed by atoms with E-state index in [1.807, 2.05) is 18.2 Å². The van der Waals surface area contributed by atoms with Crippen LogP contribution in [-0.2, 0) is 0 Å². The van der Waals surface area contributed by atoms with E-state index in [9.17, 15) is 4.79 Å². The summed E-state index contributed by atoms with van der Waals surface area (Å²) in [5, 5.41) is 3.46. The zero-order valence-corrected chi connectivity index (χ0v) is 9.85. The van der Waals surface area contributed by atoms with Gasteiger partial charge in [-0.15, -0.1) is 11.3 Å². The Morgan fingerprint density at radius 2 is 2.25 bits per heavy atom. The van der Waals surface area contributed by atoms with Gasteiger partial charge >= 0.3 is 0 Å². The van der Waals surface area contributed by atoms with Crippen molar-refractivity contribution in [3.8, 4) is 5.75 Å². The summed E-state index contributed by atoms with van der Waals surface area (Å²) in [4.78, 5) is 12.1. The van der Waals surface area contributed by atoms with E-state index in [0.29, 0.717) is 10.6 Å². The highest BCUT2D eigenvalue weighted by Crippen LogP contribution is 2.35. The molecule has 0 aliphatic carbocycles. The number of benzene rings is 1. The Morgan fingerprint density at radius 1 is 1.50 bits per heavy atom. The smallest absolute Gasteiger partial charge is 0.263 e. The number of carbonyl (C=O) groups is 1. The molecule has 0 bridgehead atoms. The fourth-order valence-corrected chi connectivity index (χ4v) is 2.60. The lowest BCUT2D eigenvalue weighted by molar-refractivity contribution is 0.0968. The van der Waals surface area contributed by atoms with Crippen molar-refractivity contribution in [1.82, 2.24) is 5.32 Å². The van der Waals surface area contributed by atoms with Crippen molar-refractivity contribution in [3.63, 3.8) is 0 Å². The minimum atomic E-state index is -0.155. The molecule has 2 aromatic rings. The molecule has 0 aliphatic rings. The fourth-order valence-electron chi connectivity index (χ4n) is 1.51. The Balaban J connectivity index is 2.63. The summed E-state index contributed by atoms with van der Waals surface area (Å²) in [6, 6.07) is 5.58. The summed E-state index contributed by atoms with van der Waals surface area (Å²) in [5.41, 5.74) is 6.45. The number of carbonyl (C=O) groups excluding carboxylic acids is 1. The maximum atomic E-state index is 11.5. The van der Waals surface area contributed by atoms with Crippen LogP contribution < -0.4 is 15.8 Å². The molecule has 4 nitrogen and oxygen atoms in total. The summed E-state index contributed by atoms with van der Waals surface area (Å²) in [6.07, 6.45) is 0. The number of ether oxygens (including phenoxy) is 1. The van der Waals surface area contributed by atoms with Gasteiger partial charge in [-0.05, 0) is 18.2 Å². The molecular weight excluding hydrogens is 224 g/mol. The molecule has 2 rings (SSSR count). The molecule has 0 aliphatic heterocycles. The first-order chi connectivity index (χ1) is 7.67. The van der Waals surface area contributed by atoms with Crippen LogP contribution in [0, 0.1) is 0 Å². The van der Waals surface area contributed by atoms with Crippen LogP contribution in [0.1, 0.15) is 9.67 Å². The fraction of sp³-hybridized carbons (Fsp3) is 0.182. The van der Waals surface area contributed by atoms with E-state index in [2.05, 4.69) is 5.32 Å². The first-order valence-corrected chi connectivity index (χ1v) is 5.57. The van der Waals surface area contributed by atoms with E-state index < -0.39 is 0 Å². The molecule has 0 saturated carbocycles. The second kappa shape index (κ2) is 4.02. The Bertz CT molecular complexity index is 548. The van der Waals surface area contributed by atoms with E-state index in [0.717, 1.165) is 15.8 Å². The minimum Gasteiger partial charge on any atom is -0.497 e. The van der Waals surface area contributed by atoms with Crippen molar-refractivity contribution in [2.45, 2.75) is 0 Å². The molecule has 0 saturated heterocycles. The molecule has 1 aromatic heterocycles. The lowest BCUT2D eigenvalue weighted by atomic mass is 10.2. The molecule has 1 heterocycles. The van der Waals surface area contributed by atoms with Crippen LogP contribution in [0.4, 0.5) is 5.69 Å². The van der Waals surface area contributed by atoms with Gasteiger partial charge in [0, 0.05) is 17.1 Å². The third kappa shape index (κ3) is 1.59. The minimum absolute atomic E-state index is 0.155. The van der Waals surface area contributed by atoms with Crippen LogP contribution in [0.25, 0.3) is 10.1 Å². The van der Waals surface area contributed by atoms with E-state index in [4.69, 9.17) is 10.5 Å². The molecule has 1 aromatic carbocycles. The van der Waals surface area contributed by atoms with Crippen molar-refractivity contribution in [2.24, 2.45) is 0 Å². The molecule has 0 fully saturated rings. The number of anilines is 1. The molecule has 1 amide bonds. The van der Waals surface area contributed by atoms with E-state index >= 15 is 0 Å². The molecule has 0 radical (unpaired) electrons. The summed E-state index contributed by atoms with van der Waals surface area (Å²) in [6.45, 7) is 0. The maximum absolute atomic E-state index is 11.5. The monoisotopic (exact) mass is 236 g/mol. The first-order valence-electron chi connectivity index (χ1n) is 4.75. The standard InChI is InChI=1S/C11H12N2O2S/c1-13-11(14)10-9(12)7-4-3-6(15-2)5-8(7)16-10/h3-5H,12H2,1-2H3,(H,13,14). The molecular formula is C11H12N2O2S. The first kappa shape index (κ1) is 10.8. The predicted octanol–water partition coefficient (Wildman–Crippen LogP) is 1.85. The summed E-state index contributed by atoms with van der Waals surface area (Å²) < 4.78 is 6.08. The number of nitrogens with one attached hydrogen (secondary N) is 1. The van der Waals surface area contributed by atoms with Gasteiger partial charge in [0.05, 0.1) is 12.8 Å². The SMILES string of the molecule is CNC(=O)c1sc2cc(OC)ccc2c1N. The predicted molar refractivity (Wildman–Crippen MR) is 66.2 cm³/mol. The Kier molecular flexibility index (Phi) is 2.70. The van der Waals surface area contributed by atoms with Gasteiger partial charge < -0.3 is 15.8 Å². The number of fused-ring (bicyclic) bond motifs is 1. The number of hydrogen-bond acceptors (Lipinski definition) is 4. The highest BCUT2D eigenvalue weighted by atomic mass is 32.1. The third-order valence-corrected chi connectivity index (χ3v) is 3.54. The lowest BCUT2D eigenvalue weighted by Crippen LogP contribution is -2.17. The average molecular weight is 236 g/mol. The Labute approximate surface area is 97.0 Å². The number of hydrogen-bond donors (Lipinski definition) is 2. The molecule has 0 atom stereocenters. The van der Waals surface area contributed by atoms with Gasteiger partial charge in [0.15, 0.2) is 0 Å². The molecule has 3 N–H and O–H groups in total. The summed E-state index contributed by atoms with van der Waals surface area (Å²) >= 11 is 1.37. The normalized spacial score (nSPS) is 10.4. The van der Waals surface area contributed by atoms with Crippen molar-refractivity contribution < 1.29 is 9.53 Å². The van der Waals surface area contributed by atoms with Crippen molar-refractivity contribution >= 4 is 33.0 Å². The van der Waals surface area contributed by atoms with Crippen LogP contribution in [0.3, 0.4) is 0 Å². The quantitative estimate of drug-likeness (QED) is 0.836. The molecule has 16 heavy (non-hydrogen) atoms. The summed E-state index contributed by atoms with van der Waals surface area (Å²) in [5.74, 6) is 0.606. The van der Waals surface area contributed by atoms with Crippen molar-refractivity contribution in [1.29, 1.82) is 0 Å². The Hall–Kier alpha value is -1.75. The van der Waals surface area contributed by atoms with Gasteiger partial charge in [-0.25, -0.2) is 0 Å². The lowest BCUT2D eigenvalue weighted by Gasteiger charge is -1.98. The topological polar surface area (TPSA) is 64.3 Å². The highest BCUT2D eigenvalue weighted by molar-refractivity contribution is 7.21. The van der Waals surface area contributed by atoms with Crippen molar-refractivity contribution in [3.05, 3.63) is 23.1 Å². The molecule has 5 heteroatoms. The Morgan fingerprint density at radius 3 is 2.88 bits per heavy atom. The van der Waals surface area contributed by atoms with Crippen LogP contribution in [0.2, 0.25) is 0 Å². The molecule has 84 valence electrons. The van der Waals surface area contributed by atoms with Crippen molar-refractivity contribution in [2.75, 3.05) is 19.9 Å². The maximum Gasteiger partial charge on any atom is 0.263 e. The highest BCUT2D eigenvalue weighted by Gasteiger charge is 2.15. The van der Waals surface area contributed by atoms with Crippen LogP contribution in [0.5, 0.6) is 5.75 Å². The zero-order valence-electron chi connectivity index (χ0n) is 9.03. The van der Waals surface area contributed by atoms with Crippen LogP contribution in [0.15, 0.2) is 18.2 Å². The zero-order chi connectivity index (χ0) is 11.7. The van der Waals surface area contributed by atoms with E-state index in [1.165, 1.54) is 11.3 Å². The second-order valence-corrected chi connectivity index (χ2v) is 4.34. The number of nitrogen functional groups attached to an aromatic ring is 1. The van der Waals surface area contributed by atoms with Crippen LogP contribution >= 0.6 is 11.3 Å². The van der Waals surface area contributed by atoms with Gasteiger partial charge in [0.1, 0.15) is 10.6 Å². The number of amides is 1.